The van der Waals surface area contributed by atoms with Crippen LogP contribution in [0, 0.1) is 6.92 Å². The number of hydrogen-bond acceptors (Lipinski definition) is 3. The second-order valence-corrected chi connectivity index (χ2v) is 4.15. The number of hydrogen-bond donors (Lipinski definition) is 0. The minimum atomic E-state index is -4.67. The van der Waals surface area contributed by atoms with Crippen LogP contribution < -0.4 is 4.74 Å². The molecular formula is C12H8ClF3N2O. The van der Waals surface area contributed by atoms with Crippen LogP contribution in [0.3, 0.4) is 0 Å². The highest BCUT2D eigenvalue weighted by atomic mass is 35.5. The van der Waals surface area contributed by atoms with E-state index in [0.717, 1.165) is 11.6 Å². The van der Waals surface area contributed by atoms with Crippen molar-refractivity contribution in [2.24, 2.45) is 0 Å². The first-order valence-electron chi connectivity index (χ1n) is 5.21. The first-order chi connectivity index (χ1) is 8.84. The van der Waals surface area contributed by atoms with Crippen LogP contribution in [-0.2, 0) is 6.18 Å². The molecule has 0 aliphatic carbocycles. The third-order valence-electron chi connectivity index (χ3n) is 2.17. The summed E-state index contributed by atoms with van der Waals surface area (Å²) in [5.41, 5.74) is 1.00. The van der Waals surface area contributed by atoms with E-state index in [9.17, 15) is 13.2 Å². The molecular weight excluding hydrogens is 281 g/mol. The van der Waals surface area contributed by atoms with Gasteiger partial charge in [0.05, 0.1) is 0 Å². The number of halogens is 4. The number of rotatable bonds is 2. The van der Waals surface area contributed by atoms with Gasteiger partial charge in [-0.05, 0) is 19.1 Å². The fraction of sp³-hybridized carbons (Fsp3) is 0.167. The molecule has 0 N–H and O–H groups in total. The Bertz CT molecular complexity index is 585. The molecule has 0 aliphatic rings. The summed E-state index contributed by atoms with van der Waals surface area (Å²) in [6.07, 6.45) is -4.67. The van der Waals surface area contributed by atoms with Gasteiger partial charge < -0.3 is 4.74 Å². The maximum atomic E-state index is 12.5. The van der Waals surface area contributed by atoms with Crippen molar-refractivity contribution in [2.45, 2.75) is 13.1 Å². The molecule has 0 saturated carbocycles. The lowest BCUT2D eigenvalue weighted by Crippen LogP contribution is -2.11. The SMILES string of the molecule is Cc1ccc(Oc2cc(Cl)nc(C(F)(F)F)n2)cc1. The zero-order chi connectivity index (χ0) is 14.0. The predicted molar refractivity (Wildman–Crippen MR) is 63.3 cm³/mol. The number of aryl methyl sites for hydroxylation is 1. The summed E-state index contributed by atoms with van der Waals surface area (Å²) in [6.45, 7) is 1.88. The molecule has 0 radical (unpaired) electrons. The topological polar surface area (TPSA) is 35.0 Å². The summed E-state index contributed by atoms with van der Waals surface area (Å²) in [6, 6.07) is 7.90. The Morgan fingerprint density at radius 1 is 1.11 bits per heavy atom. The number of nitrogens with zero attached hydrogens (tertiary/aromatic N) is 2. The highest BCUT2D eigenvalue weighted by Crippen LogP contribution is 2.30. The van der Waals surface area contributed by atoms with Gasteiger partial charge in [-0.3, -0.25) is 0 Å². The summed E-state index contributed by atoms with van der Waals surface area (Å²) in [5.74, 6) is -1.22. The number of alkyl halides is 3. The average Bonchev–Trinajstić information content (AvgIpc) is 2.30. The van der Waals surface area contributed by atoms with Crippen LogP contribution in [0.25, 0.3) is 0 Å². The lowest BCUT2D eigenvalue weighted by atomic mass is 10.2. The van der Waals surface area contributed by atoms with E-state index in [2.05, 4.69) is 9.97 Å². The second kappa shape index (κ2) is 5.05. The molecule has 2 aromatic rings. The Kier molecular flexibility index (Phi) is 3.61. The largest absolute Gasteiger partial charge is 0.451 e. The summed E-state index contributed by atoms with van der Waals surface area (Å²) in [4.78, 5) is 6.39. The van der Waals surface area contributed by atoms with E-state index >= 15 is 0 Å². The van der Waals surface area contributed by atoms with Gasteiger partial charge in [-0.15, -0.1) is 0 Å². The zero-order valence-corrected chi connectivity index (χ0v) is 10.5. The summed E-state index contributed by atoms with van der Waals surface area (Å²) in [7, 11) is 0. The van der Waals surface area contributed by atoms with Crippen LogP contribution in [0.1, 0.15) is 11.4 Å². The Labute approximate surface area is 112 Å². The van der Waals surface area contributed by atoms with Crippen molar-refractivity contribution in [3.8, 4) is 11.6 Å². The van der Waals surface area contributed by atoms with Gasteiger partial charge in [-0.25, -0.2) is 4.98 Å². The molecule has 3 nitrogen and oxygen atoms in total. The molecule has 0 unspecified atom stereocenters. The van der Waals surface area contributed by atoms with Gasteiger partial charge in [0.2, 0.25) is 11.7 Å². The van der Waals surface area contributed by atoms with Gasteiger partial charge >= 0.3 is 6.18 Å². The molecule has 19 heavy (non-hydrogen) atoms. The minimum absolute atomic E-state index is 0.254. The van der Waals surface area contributed by atoms with Crippen LogP contribution in [-0.4, -0.2) is 9.97 Å². The molecule has 2 rings (SSSR count). The van der Waals surface area contributed by atoms with Gasteiger partial charge in [0.25, 0.3) is 0 Å². The minimum Gasteiger partial charge on any atom is -0.439 e. The van der Waals surface area contributed by atoms with Crippen molar-refractivity contribution in [3.63, 3.8) is 0 Å². The third-order valence-corrected chi connectivity index (χ3v) is 2.36. The number of aromatic nitrogens is 2. The highest BCUT2D eigenvalue weighted by Gasteiger charge is 2.35. The highest BCUT2D eigenvalue weighted by molar-refractivity contribution is 6.29. The number of benzene rings is 1. The van der Waals surface area contributed by atoms with Crippen molar-refractivity contribution in [1.82, 2.24) is 9.97 Å². The maximum absolute atomic E-state index is 12.5. The van der Waals surface area contributed by atoms with Crippen molar-refractivity contribution in [1.29, 1.82) is 0 Å². The van der Waals surface area contributed by atoms with Crippen molar-refractivity contribution >= 4 is 11.6 Å². The fourth-order valence-corrected chi connectivity index (χ4v) is 1.48. The smallest absolute Gasteiger partial charge is 0.439 e. The van der Waals surface area contributed by atoms with Crippen molar-refractivity contribution in [3.05, 3.63) is 46.9 Å². The standard InChI is InChI=1S/C12H8ClF3N2O/c1-7-2-4-8(5-3-7)19-10-6-9(13)17-11(18-10)12(14,15)16/h2-6H,1H3. The molecule has 1 aromatic carbocycles. The quantitative estimate of drug-likeness (QED) is 0.775. The van der Waals surface area contributed by atoms with Crippen molar-refractivity contribution in [2.75, 3.05) is 0 Å². The van der Waals surface area contributed by atoms with Gasteiger partial charge in [0.15, 0.2) is 0 Å². The molecule has 0 spiro atoms. The van der Waals surface area contributed by atoms with Crippen LogP contribution in [0.2, 0.25) is 5.15 Å². The van der Waals surface area contributed by atoms with E-state index in [1.807, 2.05) is 6.92 Å². The normalized spacial score (nSPS) is 11.4. The first kappa shape index (κ1) is 13.6. The number of ether oxygens (including phenoxy) is 1. The van der Waals surface area contributed by atoms with Gasteiger partial charge in [-0.2, -0.15) is 18.2 Å². The van der Waals surface area contributed by atoms with E-state index in [1.54, 1.807) is 24.3 Å². The molecule has 0 bridgehead atoms. The monoisotopic (exact) mass is 288 g/mol. The molecule has 0 saturated heterocycles. The van der Waals surface area contributed by atoms with E-state index in [0.29, 0.717) is 5.75 Å². The zero-order valence-electron chi connectivity index (χ0n) is 9.70. The summed E-state index contributed by atoms with van der Waals surface area (Å²) >= 11 is 5.52. The second-order valence-electron chi connectivity index (χ2n) is 3.77. The Morgan fingerprint density at radius 2 is 1.74 bits per heavy atom. The van der Waals surface area contributed by atoms with Crippen LogP contribution in [0.5, 0.6) is 11.6 Å². The molecule has 100 valence electrons. The van der Waals surface area contributed by atoms with Gasteiger partial charge in [0.1, 0.15) is 10.9 Å². The summed E-state index contributed by atoms with van der Waals surface area (Å²) < 4.78 is 42.7. The van der Waals surface area contributed by atoms with Crippen LogP contribution >= 0.6 is 11.6 Å². The van der Waals surface area contributed by atoms with E-state index < -0.39 is 12.0 Å². The lowest BCUT2D eigenvalue weighted by Gasteiger charge is -2.09. The van der Waals surface area contributed by atoms with E-state index in [4.69, 9.17) is 16.3 Å². The van der Waals surface area contributed by atoms with Gasteiger partial charge in [0, 0.05) is 6.07 Å². The molecule has 1 heterocycles. The Balaban J connectivity index is 2.30. The molecule has 0 amide bonds. The third kappa shape index (κ3) is 3.57. The van der Waals surface area contributed by atoms with Crippen molar-refractivity contribution < 1.29 is 17.9 Å². The predicted octanol–water partition coefficient (Wildman–Crippen LogP) is 4.25. The molecule has 0 aliphatic heterocycles. The lowest BCUT2D eigenvalue weighted by molar-refractivity contribution is -0.145. The molecule has 1 aromatic heterocycles. The molecule has 0 fully saturated rings. The fourth-order valence-electron chi connectivity index (χ4n) is 1.30. The maximum Gasteiger partial charge on any atom is 0.451 e. The summed E-state index contributed by atoms with van der Waals surface area (Å²) in [5, 5.41) is -0.329. The molecule has 7 heteroatoms. The van der Waals surface area contributed by atoms with Gasteiger partial charge in [-0.1, -0.05) is 29.3 Å². The first-order valence-corrected chi connectivity index (χ1v) is 5.59. The van der Waals surface area contributed by atoms with E-state index in [1.165, 1.54) is 0 Å². The Hall–Kier alpha value is -1.82. The average molecular weight is 289 g/mol. The van der Waals surface area contributed by atoms with Crippen LogP contribution in [0.15, 0.2) is 30.3 Å². The molecule has 0 atom stereocenters. The van der Waals surface area contributed by atoms with Crippen LogP contribution in [0.4, 0.5) is 13.2 Å². The van der Waals surface area contributed by atoms with E-state index in [-0.39, 0.29) is 11.0 Å². The Morgan fingerprint density at radius 3 is 2.32 bits per heavy atom.